The van der Waals surface area contributed by atoms with Crippen LogP contribution in [0.3, 0.4) is 0 Å². The highest BCUT2D eigenvalue weighted by Gasteiger charge is 2.16. The van der Waals surface area contributed by atoms with Crippen molar-refractivity contribution in [1.82, 2.24) is 4.90 Å². The Morgan fingerprint density at radius 1 is 0.352 bits per heavy atom. The summed E-state index contributed by atoms with van der Waals surface area (Å²) in [6.07, 6.45) is 45.5. The molecule has 322 valence electrons. The normalized spacial score (nSPS) is 11.7. The molecule has 0 saturated carbocycles. The summed E-state index contributed by atoms with van der Waals surface area (Å²) in [4.78, 5) is 27.9. The fourth-order valence-corrected chi connectivity index (χ4v) is 7.74. The van der Waals surface area contributed by atoms with E-state index in [-0.39, 0.29) is 24.1 Å². The third-order valence-corrected chi connectivity index (χ3v) is 11.5. The van der Waals surface area contributed by atoms with Crippen LogP contribution in [0, 0.1) is 0 Å². The van der Waals surface area contributed by atoms with Crippen molar-refractivity contribution < 1.29 is 19.1 Å². The Morgan fingerprint density at radius 3 is 0.907 bits per heavy atom. The lowest BCUT2D eigenvalue weighted by molar-refractivity contribution is -0.151. The maximum absolute atomic E-state index is 12.7. The second-order valence-electron chi connectivity index (χ2n) is 17.1. The SMILES string of the molecule is CCCCCCCCC(CCCCCCCC)OC(=O)CCCCCCCN(C)CCCCCC(=O)OC(CCCCCCCC)CCCCCCCC. The number of carbonyl (C=O) groups excluding carboxylic acids is 2. The molecule has 0 aromatic rings. The lowest BCUT2D eigenvalue weighted by Crippen LogP contribution is -2.21. The summed E-state index contributed by atoms with van der Waals surface area (Å²) in [5, 5.41) is 0. The Kier molecular flexibility index (Phi) is 42.2. The van der Waals surface area contributed by atoms with Gasteiger partial charge in [0.05, 0.1) is 0 Å². The highest BCUT2D eigenvalue weighted by Crippen LogP contribution is 2.20. The van der Waals surface area contributed by atoms with E-state index in [1.165, 1.54) is 173 Å². The molecule has 0 bridgehead atoms. The van der Waals surface area contributed by atoms with Gasteiger partial charge in [0.25, 0.3) is 0 Å². The molecule has 0 N–H and O–H groups in total. The van der Waals surface area contributed by atoms with Crippen LogP contribution in [0.1, 0.15) is 272 Å². The standard InChI is InChI=1S/C49H97NO4/c1-6-10-14-18-23-30-38-46(39-31-24-19-15-11-7-2)53-48(51)42-34-27-22-28-36-44-50(5)45-37-29-35-43-49(52)54-47(40-32-25-20-16-12-8-3)41-33-26-21-17-13-9-4/h46-47H,6-45H2,1-5H3. The summed E-state index contributed by atoms with van der Waals surface area (Å²) in [5.41, 5.74) is 0. The fraction of sp³-hybridized carbons (Fsp3) is 0.959. The minimum Gasteiger partial charge on any atom is -0.462 e. The van der Waals surface area contributed by atoms with Crippen LogP contribution in [0.2, 0.25) is 0 Å². The van der Waals surface area contributed by atoms with Crippen molar-refractivity contribution in [3.8, 4) is 0 Å². The van der Waals surface area contributed by atoms with E-state index in [9.17, 15) is 9.59 Å². The van der Waals surface area contributed by atoms with Crippen molar-refractivity contribution in [3.63, 3.8) is 0 Å². The van der Waals surface area contributed by atoms with Crippen molar-refractivity contribution in [3.05, 3.63) is 0 Å². The fourth-order valence-electron chi connectivity index (χ4n) is 7.74. The molecule has 5 heteroatoms. The molecule has 0 rings (SSSR count). The van der Waals surface area contributed by atoms with Crippen LogP contribution >= 0.6 is 0 Å². The number of carbonyl (C=O) groups is 2. The molecule has 0 aromatic carbocycles. The van der Waals surface area contributed by atoms with E-state index < -0.39 is 0 Å². The largest absolute Gasteiger partial charge is 0.462 e. The quantitative estimate of drug-likeness (QED) is 0.0457. The maximum atomic E-state index is 12.7. The average Bonchev–Trinajstić information content (AvgIpc) is 3.16. The van der Waals surface area contributed by atoms with Gasteiger partial charge in [0.1, 0.15) is 12.2 Å². The Bertz CT molecular complexity index is 741. The van der Waals surface area contributed by atoms with Gasteiger partial charge in [-0.05, 0) is 97.2 Å². The second kappa shape index (κ2) is 43.0. The van der Waals surface area contributed by atoms with Gasteiger partial charge >= 0.3 is 11.9 Å². The highest BCUT2D eigenvalue weighted by molar-refractivity contribution is 5.69. The summed E-state index contributed by atoms with van der Waals surface area (Å²) in [6.45, 7) is 11.3. The van der Waals surface area contributed by atoms with Crippen LogP contribution in [0.4, 0.5) is 0 Å². The van der Waals surface area contributed by atoms with Crippen LogP contribution in [0.5, 0.6) is 0 Å². The van der Waals surface area contributed by atoms with Crippen molar-refractivity contribution in [2.24, 2.45) is 0 Å². The molecule has 0 radical (unpaired) electrons. The summed E-state index contributed by atoms with van der Waals surface area (Å²) in [5.74, 6) is 0.0610. The molecule has 0 amide bonds. The van der Waals surface area contributed by atoms with Crippen LogP contribution in [0.25, 0.3) is 0 Å². The predicted molar refractivity (Wildman–Crippen MR) is 235 cm³/mol. The number of rotatable bonds is 44. The molecule has 0 unspecified atom stereocenters. The van der Waals surface area contributed by atoms with E-state index in [0.717, 1.165) is 70.9 Å². The molecule has 0 aliphatic heterocycles. The molecular weight excluding hydrogens is 667 g/mol. The van der Waals surface area contributed by atoms with Gasteiger partial charge < -0.3 is 14.4 Å². The smallest absolute Gasteiger partial charge is 0.306 e. The summed E-state index contributed by atoms with van der Waals surface area (Å²) in [6, 6.07) is 0. The first-order chi connectivity index (χ1) is 26.5. The second-order valence-corrected chi connectivity index (χ2v) is 17.1. The van der Waals surface area contributed by atoms with E-state index in [4.69, 9.17) is 9.47 Å². The maximum Gasteiger partial charge on any atom is 0.306 e. The Labute approximate surface area is 339 Å². The van der Waals surface area contributed by atoms with Gasteiger partial charge in [-0.15, -0.1) is 0 Å². The lowest BCUT2D eigenvalue weighted by Gasteiger charge is -2.19. The van der Waals surface area contributed by atoms with Gasteiger partial charge in [0.2, 0.25) is 0 Å². The number of hydrogen-bond acceptors (Lipinski definition) is 5. The van der Waals surface area contributed by atoms with E-state index in [1.54, 1.807) is 0 Å². The van der Waals surface area contributed by atoms with E-state index in [1.807, 2.05) is 0 Å². The van der Waals surface area contributed by atoms with Crippen molar-refractivity contribution in [1.29, 1.82) is 0 Å². The average molecular weight is 764 g/mol. The third-order valence-electron chi connectivity index (χ3n) is 11.5. The molecule has 0 aromatic heterocycles. The van der Waals surface area contributed by atoms with Crippen LogP contribution < -0.4 is 0 Å². The molecule has 0 heterocycles. The minimum absolute atomic E-state index is 0.0275. The molecule has 0 aliphatic carbocycles. The minimum atomic E-state index is 0.0275. The zero-order valence-corrected chi connectivity index (χ0v) is 37.5. The molecule has 54 heavy (non-hydrogen) atoms. The Balaban J connectivity index is 4.10. The number of ether oxygens (including phenoxy) is 2. The Morgan fingerprint density at radius 2 is 0.593 bits per heavy atom. The number of hydrogen-bond donors (Lipinski definition) is 0. The summed E-state index contributed by atoms with van der Waals surface area (Å²) >= 11 is 0. The van der Waals surface area contributed by atoms with Gasteiger partial charge in [-0.3, -0.25) is 9.59 Å². The first-order valence-electron chi connectivity index (χ1n) is 24.5. The van der Waals surface area contributed by atoms with Gasteiger partial charge in [-0.1, -0.05) is 182 Å². The molecule has 0 spiro atoms. The van der Waals surface area contributed by atoms with Gasteiger partial charge in [-0.25, -0.2) is 0 Å². The molecule has 0 saturated heterocycles. The first kappa shape index (κ1) is 52.9. The number of unbranched alkanes of at least 4 members (excludes halogenated alkanes) is 26. The van der Waals surface area contributed by atoms with Crippen molar-refractivity contribution in [2.75, 3.05) is 20.1 Å². The molecular formula is C49H97NO4. The zero-order valence-electron chi connectivity index (χ0n) is 37.5. The molecule has 0 atom stereocenters. The summed E-state index contributed by atoms with van der Waals surface area (Å²) < 4.78 is 12.1. The van der Waals surface area contributed by atoms with Gasteiger partial charge in [-0.2, -0.15) is 0 Å². The number of nitrogens with zero attached hydrogens (tertiary/aromatic N) is 1. The molecule has 0 aliphatic rings. The monoisotopic (exact) mass is 764 g/mol. The van der Waals surface area contributed by atoms with E-state index in [0.29, 0.717) is 12.8 Å². The molecule has 5 nitrogen and oxygen atoms in total. The zero-order chi connectivity index (χ0) is 39.6. The summed E-state index contributed by atoms with van der Waals surface area (Å²) in [7, 11) is 2.23. The Hall–Kier alpha value is -1.10. The van der Waals surface area contributed by atoms with Gasteiger partial charge in [0, 0.05) is 12.8 Å². The van der Waals surface area contributed by atoms with Crippen molar-refractivity contribution in [2.45, 2.75) is 284 Å². The lowest BCUT2D eigenvalue weighted by atomic mass is 10.0. The van der Waals surface area contributed by atoms with Crippen LogP contribution in [0.15, 0.2) is 0 Å². The molecule has 0 fully saturated rings. The predicted octanol–water partition coefficient (Wildman–Crippen LogP) is 15.6. The van der Waals surface area contributed by atoms with Crippen LogP contribution in [-0.4, -0.2) is 49.2 Å². The highest BCUT2D eigenvalue weighted by atomic mass is 16.5. The van der Waals surface area contributed by atoms with E-state index in [2.05, 4.69) is 39.6 Å². The third kappa shape index (κ3) is 39.1. The van der Waals surface area contributed by atoms with Gasteiger partial charge in [0.15, 0.2) is 0 Å². The number of esters is 2. The van der Waals surface area contributed by atoms with E-state index >= 15 is 0 Å². The first-order valence-corrected chi connectivity index (χ1v) is 24.5. The van der Waals surface area contributed by atoms with Crippen molar-refractivity contribution >= 4 is 11.9 Å². The topological polar surface area (TPSA) is 55.8 Å². The van der Waals surface area contributed by atoms with Crippen LogP contribution in [-0.2, 0) is 19.1 Å².